The fourth-order valence-corrected chi connectivity index (χ4v) is 0.823. The van der Waals surface area contributed by atoms with Gasteiger partial charge in [0.1, 0.15) is 6.54 Å². The summed E-state index contributed by atoms with van der Waals surface area (Å²) in [6, 6.07) is 1.59. The molecule has 0 aliphatic carbocycles. The minimum atomic E-state index is -4.60. The Balaban J connectivity index is 5.17. The van der Waals surface area contributed by atoms with E-state index in [-0.39, 0.29) is 6.54 Å². The third-order valence-electron chi connectivity index (χ3n) is 1.66. The summed E-state index contributed by atoms with van der Waals surface area (Å²) in [5.74, 6) is -0.970. The molecule has 16 heavy (non-hydrogen) atoms. The number of carbonyl (C=O) groups excluding carboxylic acids is 1. The highest BCUT2D eigenvalue weighted by Crippen LogP contribution is 2.27. The molecule has 0 aliphatic rings. The number of aliphatic imine (C=N–C) groups is 1. The van der Waals surface area contributed by atoms with Crippen LogP contribution >= 0.6 is 0 Å². The van der Waals surface area contributed by atoms with Crippen molar-refractivity contribution >= 4 is 12.1 Å². The van der Waals surface area contributed by atoms with Crippen LogP contribution in [0, 0.1) is 11.3 Å². The van der Waals surface area contributed by atoms with Gasteiger partial charge in [-0.2, -0.15) is 18.4 Å². The third-order valence-corrected chi connectivity index (χ3v) is 1.66. The molecule has 0 aromatic heterocycles. The van der Waals surface area contributed by atoms with Gasteiger partial charge < -0.3 is 5.32 Å². The summed E-state index contributed by atoms with van der Waals surface area (Å²) in [6.45, 7) is 0.425. The van der Waals surface area contributed by atoms with Gasteiger partial charge in [0.15, 0.2) is 0 Å². The lowest BCUT2D eigenvalue weighted by atomic mass is 10.1. The molecule has 1 amide bonds. The molecule has 0 saturated heterocycles. The molecule has 7 heteroatoms. The molecule has 88 valence electrons. The lowest BCUT2D eigenvalue weighted by Crippen LogP contribution is -2.28. The van der Waals surface area contributed by atoms with Crippen LogP contribution in [0.3, 0.4) is 0 Å². The van der Waals surface area contributed by atoms with Crippen LogP contribution in [-0.4, -0.2) is 31.9 Å². The Morgan fingerprint density at radius 1 is 1.56 bits per heavy atom. The van der Waals surface area contributed by atoms with Crippen LogP contribution in [-0.2, 0) is 4.79 Å². The van der Waals surface area contributed by atoms with Crippen LogP contribution < -0.4 is 5.32 Å². The average Bonchev–Trinajstić information content (AvgIpc) is 2.20. The van der Waals surface area contributed by atoms with Gasteiger partial charge in [-0.3, -0.25) is 9.79 Å². The smallest absolute Gasteiger partial charge is 0.339 e. The molecule has 0 unspecified atom stereocenters. The number of alkyl halides is 3. The van der Waals surface area contributed by atoms with Gasteiger partial charge in [-0.25, -0.2) is 0 Å². The van der Waals surface area contributed by atoms with Gasteiger partial charge in [-0.05, 0) is 6.92 Å². The number of nitriles is 1. The monoisotopic (exact) mass is 233 g/mol. The second kappa shape index (κ2) is 5.90. The van der Waals surface area contributed by atoms with Crippen molar-refractivity contribution in [3.05, 3.63) is 11.1 Å². The first-order valence-electron chi connectivity index (χ1n) is 4.20. The molecule has 1 N–H and O–H groups in total. The van der Waals surface area contributed by atoms with E-state index in [4.69, 9.17) is 5.26 Å². The molecule has 4 nitrogen and oxygen atoms in total. The number of rotatable bonds is 3. The maximum atomic E-state index is 12.3. The van der Waals surface area contributed by atoms with Crippen LogP contribution in [0.15, 0.2) is 16.1 Å². The summed E-state index contributed by atoms with van der Waals surface area (Å²) < 4.78 is 37.0. The zero-order valence-corrected chi connectivity index (χ0v) is 8.72. The lowest BCUT2D eigenvalue weighted by Gasteiger charge is -2.10. The van der Waals surface area contributed by atoms with E-state index in [9.17, 15) is 18.0 Å². The first-order chi connectivity index (χ1) is 7.34. The highest BCUT2D eigenvalue weighted by molar-refractivity contribution is 6.13. The highest BCUT2D eigenvalue weighted by atomic mass is 19.4. The van der Waals surface area contributed by atoms with E-state index in [1.165, 1.54) is 7.05 Å². The standard InChI is InChI=1S/C9H10F3N3O/c1-6(9(10,11)12)7(5-14-2)8(16)15-4-3-13/h5H,4H2,1-2H3,(H,15,16)/b7-6-,14-5-. The molecule has 0 atom stereocenters. The van der Waals surface area contributed by atoms with Crippen molar-refractivity contribution in [2.45, 2.75) is 13.1 Å². The molecule has 0 saturated carbocycles. The summed E-state index contributed by atoms with van der Waals surface area (Å²) in [6.07, 6.45) is -3.78. The van der Waals surface area contributed by atoms with Crippen molar-refractivity contribution in [2.75, 3.05) is 13.6 Å². The van der Waals surface area contributed by atoms with Crippen LogP contribution in [0.2, 0.25) is 0 Å². The van der Waals surface area contributed by atoms with E-state index in [2.05, 4.69) is 4.99 Å². The van der Waals surface area contributed by atoms with Crippen molar-refractivity contribution in [1.29, 1.82) is 5.26 Å². The van der Waals surface area contributed by atoms with Gasteiger partial charge in [0.05, 0.1) is 11.6 Å². The van der Waals surface area contributed by atoms with E-state index in [1.54, 1.807) is 6.07 Å². The summed E-state index contributed by atoms with van der Waals surface area (Å²) in [5.41, 5.74) is -1.64. The number of nitrogens with zero attached hydrogens (tertiary/aromatic N) is 2. The SMILES string of the molecule is C/N=C\C(C(=O)NCC#N)=C(/C)C(F)(F)F. The molecule has 0 aromatic rings. The largest absolute Gasteiger partial charge is 0.413 e. The van der Waals surface area contributed by atoms with Gasteiger partial charge in [-0.1, -0.05) is 0 Å². The molecule has 0 radical (unpaired) electrons. The third kappa shape index (κ3) is 4.13. The average molecular weight is 233 g/mol. The normalized spacial score (nSPS) is 13.2. The number of hydrogen-bond acceptors (Lipinski definition) is 3. The Bertz CT molecular complexity index is 363. The van der Waals surface area contributed by atoms with Crippen LogP contribution in [0.4, 0.5) is 13.2 Å². The van der Waals surface area contributed by atoms with Crippen molar-refractivity contribution in [3.8, 4) is 6.07 Å². The summed E-state index contributed by atoms with van der Waals surface area (Å²) >= 11 is 0. The number of halogens is 3. The predicted octanol–water partition coefficient (Wildman–Crippen LogP) is 1.21. The second-order valence-electron chi connectivity index (χ2n) is 2.76. The van der Waals surface area contributed by atoms with Gasteiger partial charge >= 0.3 is 6.18 Å². The second-order valence-corrected chi connectivity index (χ2v) is 2.76. The first kappa shape index (κ1) is 14.2. The number of allylic oxidation sites excluding steroid dienone is 1. The van der Waals surface area contributed by atoms with Crippen LogP contribution in [0.25, 0.3) is 0 Å². The Hall–Kier alpha value is -1.84. The fraction of sp³-hybridized carbons (Fsp3) is 0.444. The van der Waals surface area contributed by atoms with E-state index in [1.807, 2.05) is 5.32 Å². The van der Waals surface area contributed by atoms with Crippen molar-refractivity contribution < 1.29 is 18.0 Å². The molecular weight excluding hydrogens is 223 g/mol. The Labute approximate surface area is 90.5 Å². The van der Waals surface area contributed by atoms with Crippen molar-refractivity contribution in [1.82, 2.24) is 5.32 Å². The van der Waals surface area contributed by atoms with Crippen LogP contribution in [0.1, 0.15) is 6.92 Å². The fourth-order valence-electron chi connectivity index (χ4n) is 0.823. The van der Waals surface area contributed by atoms with Crippen molar-refractivity contribution in [3.63, 3.8) is 0 Å². The van der Waals surface area contributed by atoms with E-state index >= 15 is 0 Å². The minimum absolute atomic E-state index is 0.356. The van der Waals surface area contributed by atoms with Gasteiger partial charge in [0.2, 0.25) is 0 Å². The Morgan fingerprint density at radius 2 is 2.12 bits per heavy atom. The summed E-state index contributed by atoms with van der Waals surface area (Å²) in [5, 5.41) is 10.2. The molecule has 0 aliphatic heterocycles. The maximum Gasteiger partial charge on any atom is 0.413 e. The molecule has 0 heterocycles. The molecule has 0 aromatic carbocycles. The predicted molar refractivity (Wildman–Crippen MR) is 51.8 cm³/mol. The summed E-state index contributed by atoms with van der Waals surface area (Å²) in [4.78, 5) is 14.6. The van der Waals surface area contributed by atoms with E-state index in [0.29, 0.717) is 0 Å². The Morgan fingerprint density at radius 3 is 2.50 bits per heavy atom. The number of amides is 1. The molecular formula is C9H10F3N3O. The number of nitrogens with one attached hydrogen (secondary N) is 1. The lowest BCUT2D eigenvalue weighted by molar-refractivity contribution is -0.118. The minimum Gasteiger partial charge on any atom is -0.339 e. The first-order valence-corrected chi connectivity index (χ1v) is 4.20. The Kier molecular flexibility index (Phi) is 5.22. The zero-order valence-electron chi connectivity index (χ0n) is 8.72. The number of hydrogen-bond donors (Lipinski definition) is 1. The maximum absolute atomic E-state index is 12.3. The number of carbonyl (C=O) groups is 1. The topological polar surface area (TPSA) is 65.2 Å². The summed E-state index contributed by atoms with van der Waals surface area (Å²) in [7, 11) is 1.25. The van der Waals surface area contributed by atoms with Crippen molar-refractivity contribution in [2.24, 2.45) is 4.99 Å². The quantitative estimate of drug-likeness (QED) is 0.452. The van der Waals surface area contributed by atoms with Gasteiger partial charge in [0, 0.05) is 18.8 Å². The van der Waals surface area contributed by atoms with E-state index < -0.39 is 23.2 Å². The van der Waals surface area contributed by atoms with Gasteiger partial charge in [-0.15, -0.1) is 0 Å². The molecule has 0 bridgehead atoms. The van der Waals surface area contributed by atoms with Crippen LogP contribution in [0.5, 0.6) is 0 Å². The molecule has 0 rings (SSSR count). The van der Waals surface area contributed by atoms with E-state index in [0.717, 1.165) is 13.1 Å². The zero-order chi connectivity index (χ0) is 12.8. The van der Waals surface area contributed by atoms with Gasteiger partial charge in [0.25, 0.3) is 5.91 Å². The molecule has 0 spiro atoms. The molecule has 0 fully saturated rings. The highest BCUT2D eigenvalue weighted by Gasteiger charge is 2.34.